The predicted molar refractivity (Wildman–Crippen MR) is 83.4 cm³/mol. The molecule has 7 heteroatoms. The van der Waals surface area contributed by atoms with Crippen LogP contribution >= 0.6 is 11.3 Å². The summed E-state index contributed by atoms with van der Waals surface area (Å²) in [5, 5.41) is 2.71. The molecule has 0 spiro atoms. The molecular weight excluding hydrogens is 306 g/mol. The Bertz CT molecular complexity index is 597. The van der Waals surface area contributed by atoms with Crippen LogP contribution in [0.2, 0.25) is 0 Å². The second kappa shape index (κ2) is 7.20. The Morgan fingerprint density at radius 1 is 1.33 bits per heavy atom. The highest BCUT2D eigenvalue weighted by Crippen LogP contribution is 2.21. The van der Waals surface area contributed by atoms with Crippen LogP contribution in [-0.4, -0.2) is 37.6 Å². The van der Waals surface area contributed by atoms with Crippen molar-refractivity contribution in [2.24, 2.45) is 0 Å². The Kier molecular flexibility index (Phi) is 5.05. The van der Waals surface area contributed by atoms with Gasteiger partial charge in [0.25, 0.3) is 0 Å². The highest BCUT2D eigenvalue weighted by molar-refractivity contribution is 7.84. The Balaban J connectivity index is 1.58. The molecule has 2 aromatic rings. The molecule has 21 heavy (non-hydrogen) atoms. The van der Waals surface area contributed by atoms with E-state index in [9.17, 15) is 4.21 Å². The molecule has 0 N–H and O–H groups in total. The van der Waals surface area contributed by atoms with Crippen LogP contribution in [0.4, 0.5) is 0 Å². The first-order valence-corrected chi connectivity index (χ1v) is 9.36. The van der Waals surface area contributed by atoms with Crippen molar-refractivity contribution in [1.82, 2.24) is 15.0 Å². The van der Waals surface area contributed by atoms with E-state index < -0.39 is 10.8 Å². The predicted octanol–water partition coefficient (Wildman–Crippen LogP) is 2.42. The minimum atomic E-state index is -0.933. The zero-order valence-corrected chi connectivity index (χ0v) is 13.2. The van der Waals surface area contributed by atoms with E-state index in [0.717, 1.165) is 30.2 Å². The second-order valence-electron chi connectivity index (χ2n) is 4.96. The first-order valence-electron chi connectivity index (χ1n) is 6.99. The van der Waals surface area contributed by atoms with Gasteiger partial charge >= 0.3 is 0 Å². The molecule has 0 bridgehead atoms. The Morgan fingerprint density at radius 3 is 2.95 bits per heavy atom. The van der Waals surface area contributed by atoms with Crippen molar-refractivity contribution in [3.05, 3.63) is 29.5 Å². The van der Waals surface area contributed by atoms with Crippen LogP contribution in [0, 0.1) is 0 Å². The van der Waals surface area contributed by atoms with Gasteiger partial charge in [0.2, 0.25) is 0 Å². The maximum atomic E-state index is 12.2. The van der Waals surface area contributed by atoms with E-state index >= 15 is 0 Å². The van der Waals surface area contributed by atoms with Crippen LogP contribution < -0.4 is 0 Å². The van der Waals surface area contributed by atoms with Crippen LogP contribution in [0.15, 0.2) is 23.8 Å². The summed E-state index contributed by atoms with van der Waals surface area (Å²) in [6, 6.07) is 1.78. The molecule has 1 aliphatic heterocycles. The van der Waals surface area contributed by atoms with Crippen molar-refractivity contribution < 1.29 is 8.95 Å². The van der Waals surface area contributed by atoms with Crippen LogP contribution in [-0.2, 0) is 21.3 Å². The summed E-state index contributed by atoms with van der Waals surface area (Å²) >= 11 is 1.49. The van der Waals surface area contributed by atoms with E-state index in [1.807, 2.05) is 5.38 Å². The van der Waals surface area contributed by atoms with Gasteiger partial charge in [-0.3, -0.25) is 4.21 Å². The average molecular weight is 323 g/mol. The first-order chi connectivity index (χ1) is 10.3. The van der Waals surface area contributed by atoms with Gasteiger partial charge in [0.1, 0.15) is 0 Å². The number of thiazole rings is 1. The molecular formula is C14H17N3O2S2. The summed E-state index contributed by atoms with van der Waals surface area (Å²) < 4.78 is 17.8. The molecule has 3 rings (SSSR count). The number of ether oxygens (including phenoxy) is 1. The van der Waals surface area contributed by atoms with Gasteiger partial charge in [-0.15, -0.1) is 11.3 Å². The average Bonchev–Trinajstić information content (AvgIpc) is 2.97. The highest BCUT2D eigenvalue weighted by Gasteiger charge is 2.18. The van der Waals surface area contributed by atoms with Gasteiger partial charge in [-0.05, 0) is 25.3 Å². The molecule has 0 radical (unpaired) electrons. The molecule has 0 amide bonds. The summed E-state index contributed by atoms with van der Waals surface area (Å²) in [4.78, 5) is 12.8. The van der Waals surface area contributed by atoms with E-state index in [4.69, 9.17) is 4.74 Å². The molecule has 0 aliphatic carbocycles. The normalized spacial score (nSPS) is 20.3. The SMILES string of the molecule is O=[S@](Cc1csc(-c2ncccn2)n1)C[C@H]1CCCCO1. The van der Waals surface area contributed by atoms with Gasteiger partial charge in [-0.2, -0.15) is 0 Å². The number of aromatic nitrogens is 3. The number of rotatable bonds is 5. The lowest BCUT2D eigenvalue weighted by Gasteiger charge is -2.21. The minimum absolute atomic E-state index is 0.148. The lowest BCUT2D eigenvalue weighted by atomic mass is 10.1. The van der Waals surface area contributed by atoms with Gasteiger partial charge in [0.05, 0.1) is 23.3 Å². The van der Waals surface area contributed by atoms with Gasteiger partial charge in [0.15, 0.2) is 10.8 Å². The molecule has 0 unspecified atom stereocenters. The molecule has 1 aliphatic rings. The van der Waals surface area contributed by atoms with Gasteiger partial charge < -0.3 is 4.74 Å². The summed E-state index contributed by atoms with van der Waals surface area (Å²) in [5.41, 5.74) is 0.844. The van der Waals surface area contributed by atoms with Crippen molar-refractivity contribution in [1.29, 1.82) is 0 Å². The Labute approximate surface area is 130 Å². The van der Waals surface area contributed by atoms with E-state index in [0.29, 0.717) is 17.3 Å². The van der Waals surface area contributed by atoms with Gasteiger partial charge in [-0.25, -0.2) is 15.0 Å². The molecule has 2 atom stereocenters. The van der Waals surface area contributed by atoms with Crippen molar-refractivity contribution >= 4 is 22.1 Å². The monoisotopic (exact) mass is 323 g/mol. The molecule has 0 saturated carbocycles. The molecule has 1 saturated heterocycles. The third-order valence-electron chi connectivity index (χ3n) is 3.26. The molecule has 5 nitrogen and oxygen atoms in total. The smallest absolute Gasteiger partial charge is 0.188 e. The Morgan fingerprint density at radius 2 is 2.19 bits per heavy atom. The summed E-state index contributed by atoms with van der Waals surface area (Å²) in [7, 11) is -0.933. The fourth-order valence-corrected chi connectivity index (χ4v) is 4.40. The summed E-state index contributed by atoms with van der Waals surface area (Å²) in [6.45, 7) is 0.800. The van der Waals surface area contributed by atoms with Crippen molar-refractivity contribution in [2.75, 3.05) is 12.4 Å². The summed E-state index contributed by atoms with van der Waals surface area (Å²) in [5.74, 6) is 1.70. The zero-order chi connectivity index (χ0) is 14.5. The maximum absolute atomic E-state index is 12.2. The highest BCUT2D eigenvalue weighted by atomic mass is 32.2. The maximum Gasteiger partial charge on any atom is 0.188 e. The molecule has 112 valence electrons. The number of hydrogen-bond acceptors (Lipinski definition) is 6. The van der Waals surface area contributed by atoms with Crippen LogP contribution in [0.1, 0.15) is 25.0 Å². The second-order valence-corrected chi connectivity index (χ2v) is 7.32. The van der Waals surface area contributed by atoms with Crippen LogP contribution in [0.3, 0.4) is 0 Å². The van der Waals surface area contributed by atoms with Gasteiger partial charge in [0, 0.05) is 35.2 Å². The van der Waals surface area contributed by atoms with E-state index in [1.54, 1.807) is 18.5 Å². The zero-order valence-electron chi connectivity index (χ0n) is 11.6. The van der Waals surface area contributed by atoms with Crippen LogP contribution in [0.5, 0.6) is 0 Å². The number of hydrogen-bond donors (Lipinski definition) is 0. The van der Waals surface area contributed by atoms with E-state index in [-0.39, 0.29) is 6.10 Å². The first kappa shape index (κ1) is 14.7. The molecule has 1 fully saturated rings. The topological polar surface area (TPSA) is 65.0 Å². The van der Waals surface area contributed by atoms with Crippen molar-refractivity contribution in [3.8, 4) is 10.8 Å². The lowest BCUT2D eigenvalue weighted by molar-refractivity contribution is 0.0310. The van der Waals surface area contributed by atoms with Crippen molar-refractivity contribution in [3.63, 3.8) is 0 Å². The largest absolute Gasteiger partial charge is 0.377 e. The lowest BCUT2D eigenvalue weighted by Crippen LogP contribution is -2.25. The third kappa shape index (κ3) is 4.15. The molecule has 3 heterocycles. The van der Waals surface area contributed by atoms with E-state index in [1.165, 1.54) is 17.8 Å². The van der Waals surface area contributed by atoms with E-state index in [2.05, 4.69) is 15.0 Å². The van der Waals surface area contributed by atoms with Gasteiger partial charge in [-0.1, -0.05) is 0 Å². The molecule has 0 aromatic carbocycles. The fourth-order valence-electron chi connectivity index (χ4n) is 2.26. The summed E-state index contributed by atoms with van der Waals surface area (Å²) in [6.07, 6.45) is 6.86. The fraction of sp³-hybridized carbons (Fsp3) is 0.500. The van der Waals surface area contributed by atoms with Crippen molar-refractivity contribution in [2.45, 2.75) is 31.1 Å². The quantitative estimate of drug-likeness (QED) is 0.845. The number of nitrogens with zero attached hydrogens (tertiary/aromatic N) is 3. The minimum Gasteiger partial charge on any atom is -0.377 e. The Hall–Kier alpha value is -1.18. The third-order valence-corrected chi connectivity index (χ3v) is 5.51. The molecule has 2 aromatic heterocycles. The standard InChI is InChI=1S/C14H17N3O2S2/c18-21(10-12-4-1-2-7-19-12)9-11-8-20-14(17-11)13-15-5-3-6-16-13/h3,5-6,8,12H,1-2,4,7,9-10H2/t12-,21-/m1/s1. The van der Waals surface area contributed by atoms with Crippen LogP contribution in [0.25, 0.3) is 10.8 Å².